The van der Waals surface area contributed by atoms with Crippen molar-refractivity contribution in [1.82, 2.24) is 4.90 Å². The van der Waals surface area contributed by atoms with Crippen LogP contribution in [0.5, 0.6) is 0 Å². The number of piperidine rings is 1. The smallest absolute Gasteiger partial charge is 0.122 e. The van der Waals surface area contributed by atoms with Gasteiger partial charge in [-0.25, -0.2) is 0 Å². The fraction of sp³-hybridized carbons (Fsp3) is 0.611. The number of nitrogens with one attached hydrogen (secondary N) is 1. The van der Waals surface area contributed by atoms with E-state index in [1.165, 1.54) is 63.6 Å². The van der Waals surface area contributed by atoms with Crippen molar-refractivity contribution < 1.29 is 0 Å². The fourth-order valence-electron chi connectivity index (χ4n) is 3.99. The van der Waals surface area contributed by atoms with Crippen LogP contribution in [0.3, 0.4) is 0 Å². The molecule has 114 valence electrons. The van der Waals surface area contributed by atoms with Gasteiger partial charge in [0.1, 0.15) is 5.84 Å². The van der Waals surface area contributed by atoms with Crippen molar-refractivity contribution in [2.45, 2.75) is 56.9 Å². The second-order valence-electron chi connectivity index (χ2n) is 6.66. The Hall–Kier alpha value is -1.35. The number of likely N-dealkylation sites (tertiary alicyclic amines) is 1. The second kappa shape index (κ2) is 6.61. The maximum Gasteiger partial charge on any atom is 0.122 e. The number of hydrogen-bond acceptors (Lipinski definition) is 2. The number of rotatable bonds is 3. The highest BCUT2D eigenvalue weighted by atomic mass is 15.2. The Bertz CT molecular complexity index is 474. The zero-order valence-corrected chi connectivity index (χ0v) is 12.9. The number of hydrogen-bond donors (Lipinski definition) is 2. The Morgan fingerprint density at radius 3 is 2.38 bits per heavy atom. The molecule has 1 heterocycles. The third-order valence-corrected chi connectivity index (χ3v) is 5.24. The van der Waals surface area contributed by atoms with Crippen molar-refractivity contribution in [2.24, 2.45) is 5.73 Å². The third-order valence-electron chi connectivity index (χ3n) is 5.24. The molecule has 0 aromatic heterocycles. The maximum absolute atomic E-state index is 7.49. The lowest BCUT2D eigenvalue weighted by Crippen LogP contribution is -2.42. The molecule has 3 N–H and O–H groups in total. The van der Waals surface area contributed by atoms with Gasteiger partial charge in [0.25, 0.3) is 0 Å². The van der Waals surface area contributed by atoms with E-state index in [-0.39, 0.29) is 5.84 Å². The summed E-state index contributed by atoms with van der Waals surface area (Å²) in [4.78, 5) is 2.74. The van der Waals surface area contributed by atoms with E-state index in [0.717, 1.165) is 11.6 Å². The monoisotopic (exact) mass is 285 g/mol. The molecule has 2 fully saturated rings. The molecule has 0 spiro atoms. The average molecular weight is 285 g/mol. The van der Waals surface area contributed by atoms with Crippen LogP contribution in [0.1, 0.15) is 62.0 Å². The highest BCUT2D eigenvalue weighted by Gasteiger charge is 2.27. The first-order valence-electron chi connectivity index (χ1n) is 8.42. The molecule has 0 bridgehead atoms. The van der Waals surface area contributed by atoms with E-state index in [1.807, 2.05) is 12.1 Å². The number of amidine groups is 1. The first kappa shape index (κ1) is 14.6. The standard InChI is InChI=1S/C18H27N3/c19-18(20)15-10-8-14(9-11-15)16-5-4-12-21(13-16)17-6-2-1-3-7-17/h8-11,16-17H,1-7,12-13H2,(H3,19,20). The molecule has 1 aliphatic heterocycles. The van der Waals surface area contributed by atoms with Crippen molar-refractivity contribution in [3.05, 3.63) is 35.4 Å². The predicted octanol–water partition coefficient (Wildman–Crippen LogP) is 3.48. The summed E-state index contributed by atoms with van der Waals surface area (Å²) < 4.78 is 0. The molecule has 1 unspecified atom stereocenters. The Balaban J connectivity index is 1.66. The highest BCUT2D eigenvalue weighted by Crippen LogP contribution is 2.31. The van der Waals surface area contributed by atoms with E-state index in [9.17, 15) is 0 Å². The Labute approximate surface area is 128 Å². The molecular weight excluding hydrogens is 258 g/mol. The van der Waals surface area contributed by atoms with Crippen molar-refractivity contribution >= 4 is 5.84 Å². The molecule has 1 saturated carbocycles. The molecule has 1 aromatic rings. The van der Waals surface area contributed by atoms with Crippen LogP contribution in [0.2, 0.25) is 0 Å². The van der Waals surface area contributed by atoms with Gasteiger partial charge in [-0.2, -0.15) is 0 Å². The van der Waals surface area contributed by atoms with Crippen LogP contribution in [0.15, 0.2) is 24.3 Å². The number of nitrogens with zero attached hydrogens (tertiary/aromatic N) is 1. The molecule has 2 aliphatic rings. The molecule has 1 aliphatic carbocycles. The number of benzene rings is 1. The number of nitrogens with two attached hydrogens (primary N) is 1. The lowest BCUT2D eigenvalue weighted by Gasteiger charge is -2.40. The normalized spacial score (nSPS) is 24.9. The average Bonchev–Trinajstić information content (AvgIpc) is 2.56. The minimum atomic E-state index is 0.161. The molecule has 3 nitrogen and oxygen atoms in total. The van der Waals surface area contributed by atoms with Gasteiger partial charge in [-0.1, -0.05) is 43.5 Å². The first-order valence-corrected chi connectivity index (χ1v) is 8.42. The summed E-state index contributed by atoms with van der Waals surface area (Å²) in [6.45, 7) is 2.50. The highest BCUT2D eigenvalue weighted by molar-refractivity contribution is 5.94. The second-order valence-corrected chi connectivity index (χ2v) is 6.66. The van der Waals surface area contributed by atoms with E-state index in [0.29, 0.717) is 5.92 Å². The van der Waals surface area contributed by atoms with Gasteiger partial charge >= 0.3 is 0 Å². The fourth-order valence-corrected chi connectivity index (χ4v) is 3.99. The number of nitrogen functional groups attached to an aromatic ring is 1. The summed E-state index contributed by atoms with van der Waals surface area (Å²) in [5.41, 5.74) is 7.79. The lowest BCUT2D eigenvalue weighted by molar-refractivity contribution is 0.119. The van der Waals surface area contributed by atoms with Crippen LogP contribution in [0, 0.1) is 5.41 Å². The van der Waals surface area contributed by atoms with Gasteiger partial charge in [-0.05, 0) is 43.7 Å². The summed E-state index contributed by atoms with van der Waals surface area (Å²) in [6, 6.07) is 9.17. The Morgan fingerprint density at radius 2 is 1.71 bits per heavy atom. The first-order chi connectivity index (χ1) is 10.2. The van der Waals surface area contributed by atoms with Crippen molar-refractivity contribution in [3.8, 4) is 0 Å². The minimum absolute atomic E-state index is 0.161. The molecule has 0 radical (unpaired) electrons. The molecule has 21 heavy (non-hydrogen) atoms. The Kier molecular flexibility index (Phi) is 4.59. The quantitative estimate of drug-likeness (QED) is 0.660. The minimum Gasteiger partial charge on any atom is -0.384 e. The van der Waals surface area contributed by atoms with Gasteiger partial charge in [0.2, 0.25) is 0 Å². The van der Waals surface area contributed by atoms with Crippen molar-refractivity contribution in [3.63, 3.8) is 0 Å². The summed E-state index contributed by atoms with van der Waals surface area (Å²) in [5, 5.41) is 7.49. The lowest BCUT2D eigenvalue weighted by atomic mass is 9.87. The third kappa shape index (κ3) is 3.46. The molecule has 0 amide bonds. The van der Waals surface area contributed by atoms with Gasteiger partial charge in [0.15, 0.2) is 0 Å². The van der Waals surface area contributed by atoms with Gasteiger partial charge in [-0.15, -0.1) is 0 Å². The van der Waals surface area contributed by atoms with Crippen LogP contribution in [0.4, 0.5) is 0 Å². The van der Waals surface area contributed by atoms with E-state index in [1.54, 1.807) is 0 Å². The van der Waals surface area contributed by atoms with Crippen molar-refractivity contribution in [1.29, 1.82) is 5.41 Å². The SMILES string of the molecule is N=C(N)c1ccc(C2CCCN(C3CCCCC3)C2)cc1. The zero-order chi connectivity index (χ0) is 14.7. The van der Waals surface area contributed by atoms with E-state index in [4.69, 9.17) is 11.1 Å². The topological polar surface area (TPSA) is 53.1 Å². The van der Waals surface area contributed by atoms with E-state index < -0.39 is 0 Å². The molecule has 1 aromatic carbocycles. The van der Waals surface area contributed by atoms with Gasteiger partial charge in [0.05, 0.1) is 0 Å². The van der Waals surface area contributed by atoms with E-state index in [2.05, 4.69) is 17.0 Å². The van der Waals surface area contributed by atoms with Crippen LogP contribution in [0.25, 0.3) is 0 Å². The zero-order valence-electron chi connectivity index (χ0n) is 12.9. The maximum atomic E-state index is 7.49. The molecule has 1 atom stereocenters. The molecule has 1 saturated heterocycles. The van der Waals surface area contributed by atoms with Crippen LogP contribution in [-0.2, 0) is 0 Å². The summed E-state index contributed by atoms with van der Waals surface area (Å²) in [6.07, 6.45) is 9.67. The molecule has 3 rings (SSSR count). The van der Waals surface area contributed by atoms with Gasteiger partial charge in [0, 0.05) is 18.2 Å². The van der Waals surface area contributed by atoms with Gasteiger partial charge in [-0.3, -0.25) is 10.3 Å². The summed E-state index contributed by atoms with van der Waals surface area (Å²) >= 11 is 0. The van der Waals surface area contributed by atoms with Crippen LogP contribution in [-0.4, -0.2) is 29.9 Å². The summed E-state index contributed by atoms with van der Waals surface area (Å²) in [7, 11) is 0. The predicted molar refractivity (Wildman–Crippen MR) is 87.9 cm³/mol. The largest absolute Gasteiger partial charge is 0.384 e. The Morgan fingerprint density at radius 1 is 1.00 bits per heavy atom. The molecule has 3 heteroatoms. The van der Waals surface area contributed by atoms with Crippen LogP contribution < -0.4 is 5.73 Å². The van der Waals surface area contributed by atoms with E-state index >= 15 is 0 Å². The van der Waals surface area contributed by atoms with Crippen molar-refractivity contribution in [2.75, 3.05) is 13.1 Å². The van der Waals surface area contributed by atoms with Gasteiger partial charge < -0.3 is 5.73 Å². The molecular formula is C18H27N3. The summed E-state index contributed by atoms with van der Waals surface area (Å²) in [5.74, 6) is 0.815. The van der Waals surface area contributed by atoms with Crippen LogP contribution >= 0.6 is 0 Å².